The number of carbonyl (C=O) groups excluding carboxylic acids is 2. The van der Waals surface area contributed by atoms with E-state index in [2.05, 4.69) is 10.6 Å². The van der Waals surface area contributed by atoms with E-state index in [9.17, 15) is 14.7 Å². The predicted molar refractivity (Wildman–Crippen MR) is 130 cm³/mol. The van der Waals surface area contributed by atoms with Gasteiger partial charge in [0, 0.05) is 19.6 Å². The summed E-state index contributed by atoms with van der Waals surface area (Å²) in [5.74, 6) is 0.190. The molecule has 0 spiro atoms. The number of carbonyl (C=O) groups is 2. The van der Waals surface area contributed by atoms with Crippen molar-refractivity contribution in [1.29, 1.82) is 0 Å². The highest BCUT2D eigenvalue weighted by molar-refractivity contribution is 5.81. The van der Waals surface area contributed by atoms with Crippen LogP contribution in [0.5, 0.6) is 5.75 Å². The average molecular weight is 456 g/mol. The molecule has 2 aromatic rings. The van der Waals surface area contributed by atoms with Gasteiger partial charge in [0.2, 0.25) is 5.91 Å². The van der Waals surface area contributed by atoms with Crippen LogP contribution in [0.15, 0.2) is 54.6 Å². The first kappa shape index (κ1) is 26.2. The Morgan fingerprint density at radius 1 is 0.970 bits per heavy atom. The number of hydrogen-bond donors (Lipinski definition) is 3. The first-order valence-electron chi connectivity index (χ1n) is 11.4. The van der Waals surface area contributed by atoms with Gasteiger partial charge in [-0.05, 0) is 70.3 Å². The summed E-state index contributed by atoms with van der Waals surface area (Å²) in [6.45, 7) is 7.06. The van der Waals surface area contributed by atoms with Crippen molar-refractivity contribution in [3.05, 3.63) is 65.7 Å². The Hall–Kier alpha value is -3.06. The van der Waals surface area contributed by atoms with Gasteiger partial charge in [0.1, 0.15) is 11.4 Å². The quantitative estimate of drug-likeness (QED) is 0.448. The van der Waals surface area contributed by atoms with Gasteiger partial charge in [-0.15, -0.1) is 0 Å². The number of alkyl carbamates (subject to hydrolysis) is 1. The van der Waals surface area contributed by atoms with Gasteiger partial charge in [-0.2, -0.15) is 0 Å². The van der Waals surface area contributed by atoms with E-state index in [-0.39, 0.29) is 17.7 Å². The molecule has 1 atom stereocenters. The lowest BCUT2D eigenvalue weighted by atomic mass is 10.1. The second-order valence-electron chi connectivity index (χ2n) is 9.19. The minimum absolute atomic E-state index is 0.0375. The van der Waals surface area contributed by atoms with Gasteiger partial charge in [-0.1, -0.05) is 42.5 Å². The van der Waals surface area contributed by atoms with E-state index >= 15 is 0 Å². The van der Waals surface area contributed by atoms with Gasteiger partial charge in [0.05, 0.1) is 6.04 Å². The third-order valence-corrected chi connectivity index (χ3v) is 5.08. The lowest BCUT2D eigenvalue weighted by Gasteiger charge is -2.27. The van der Waals surface area contributed by atoms with Crippen molar-refractivity contribution in [2.45, 2.75) is 58.2 Å². The van der Waals surface area contributed by atoms with Crippen LogP contribution in [0.3, 0.4) is 0 Å². The Morgan fingerprint density at radius 2 is 1.64 bits per heavy atom. The number of nitrogens with one attached hydrogen (secondary N) is 2. The van der Waals surface area contributed by atoms with Gasteiger partial charge >= 0.3 is 6.09 Å². The number of nitrogens with zero attached hydrogens (tertiary/aromatic N) is 1. The molecule has 0 radical (unpaired) electrons. The third kappa shape index (κ3) is 10.4. The fourth-order valence-corrected chi connectivity index (χ4v) is 3.44. The molecular weight excluding hydrogens is 418 g/mol. The van der Waals surface area contributed by atoms with Crippen LogP contribution < -0.4 is 10.6 Å². The van der Waals surface area contributed by atoms with Crippen molar-refractivity contribution in [1.82, 2.24) is 15.5 Å². The molecule has 0 aliphatic heterocycles. The first-order chi connectivity index (χ1) is 15.6. The molecule has 180 valence electrons. The summed E-state index contributed by atoms with van der Waals surface area (Å²) >= 11 is 0. The molecule has 0 unspecified atom stereocenters. The second-order valence-corrected chi connectivity index (χ2v) is 9.19. The lowest BCUT2D eigenvalue weighted by Crippen LogP contribution is -2.45. The number of rotatable bonds is 11. The van der Waals surface area contributed by atoms with Gasteiger partial charge in [-0.3, -0.25) is 9.69 Å². The molecule has 0 heterocycles. The van der Waals surface area contributed by atoms with Crippen LogP contribution in [0.4, 0.5) is 4.79 Å². The predicted octanol–water partition coefficient (Wildman–Crippen LogP) is 3.86. The molecule has 2 rings (SSSR count). The molecular formula is C26H37N3O4. The monoisotopic (exact) mass is 455 g/mol. The summed E-state index contributed by atoms with van der Waals surface area (Å²) in [6.07, 6.45) is 1.48. The van der Waals surface area contributed by atoms with E-state index in [0.29, 0.717) is 38.9 Å². The number of benzene rings is 2. The Bertz CT molecular complexity index is 863. The van der Waals surface area contributed by atoms with Crippen LogP contribution in [-0.2, 0) is 22.5 Å². The minimum Gasteiger partial charge on any atom is -0.508 e. The Morgan fingerprint density at radius 3 is 2.27 bits per heavy atom. The van der Waals surface area contributed by atoms with Crippen molar-refractivity contribution in [2.24, 2.45) is 0 Å². The van der Waals surface area contributed by atoms with Gasteiger partial charge in [0.15, 0.2) is 0 Å². The average Bonchev–Trinajstić information content (AvgIpc) is 2.74. The van der Waals surface area contributed by atoms with Crippen LogP contribution in [0.25, 0.3) is 0 Å². The van der Waals surface area contributed by atoms with E-state index in [1.165, 1.54) is 0 Å². The SMILES string of the molecule is CN(Cc1ccccc1)[C@@H](CCCNC(=O)OC(C)(C)C)C(=O)NCCc1ccc(O)cc1. The molecule has 7 nitrogen and oxygen atoms in total. The van der Waals surface area contributed by atoms with Crippen LogP contribution >= 0.6 is 0 Å². The number of ether oxygens (including phenoxy) is 1. The zero-order chi connectivity index (χ0) is 24.3. The van der Waals surface area contributed by atoms with Crippen molar-refractivity contribution in [3.8, 4) is 5.75 Å². The van der Waals surface area contributed by atoms with Crippen LogP contribution in [0.1, 0.15) is 44.7 Å². The normalized spacial score (nSPS) is 12.3. The molecule has 0 aromatic heterocycles. The van der Waals surface area contributed by atoms with Crippen molar-refractivity contribution in [3.63, 3.8) is 0 Å². The van der Waals surface area contributed by atoms with Crippen molar-refractivity contribution < 1.29 is 19.4 Å². The summed E-state index contributed by atoms with van der Waals surface area (Å²) in [5.41, 5.74) is 1.64. The molecule has 33 heavy (non-hydrogen) atoms. The summed E-state index contributed by atoms with van der Waals surface area (Å²) in [4.78, 5) is 26.9. The largest absolute Gasteiger partial charge is 0.508 e. The highest BCUT2D eigenvalue weighted by atomic mass is 16.6. The molecule has 0 fully saturated rings. The van der Waals surface area contributed by atoms with Gasteiger partial charge in [0.25, 0.3) is 0 Å². The fraction of sp³-hybridized carbons (Fsp3) is 0.462. The Balaban J connectivity index is 1.90. The zero-order valence-corrected chi connectivity index (χ0v) is 20.1. The smallest absolute Gasteiger partial charge is 0.407 e. The van der Waals surface area contributed by atoms with E-state index < -0.39 is 11.7 Å². The van der Waals surface area contributed by atoms with Crippen LogP contribution in [0.2, 0.25) is 0 Å². The summed E-state index contributed by atoms with van der Waals surface area (Å²) < 4.78 is 5.27. The molecule has 0 bridgehead atoms. The molecule has 0 aliphatic carbocycles. The standard InChI is InChI=1S/C26H37N3O4/c1-26(2,3)33-25(32)28-17-8-11-23(29(4)19-21-9-6-5-7-10-21)24(31)27-18-16-20-12-14-22(30)15-13-20/h5-7,9-10,12-15,23,30H,8,11,16-19H2,1-4H3,(H,27,31)(H,28,32)/t23-/m0/s1. The number of aromatic hydroxyl groups is 1. The number of phenolic OH excluding ortho intramolecular Hbond substituents is 1. The van der Waals surface area contributed by atoms with Crippen molar-refractivity contribution in [2.75, 3.05) is 20.1 Å². The summed E-state index contributed by atoms with van der Waals surface area (Å²) in [6, 6.07) is 16.7. The molecule has 2 aromatic carbocycles. The van der Waals surface area contributed by atoms with E-state index in [4.69, 9.17) is 4.74 Å². The summed E-state index contributed by atoms with van der Waals surface area (Å²) in [5, 5.41) is 15.2. The fourth-order valence-electron chi connectivity index (χ4n) is 3.44. The molecule has 0 saturated carbocycles. The Labute approximate surface area is 197 Å². The summed E-state index contributed by atoms with van der Waals surface area (Å²) in [7, 11) is 1.94. The Kier molecular flexibility index (Phi) is 10.2. The molecule has 7 heteroatoms. The molecule has 0 aliphatic rings. The molecule has 3 N–H and O–H groups in total. The van der Waals surface area contributed by atoms with E-state index in [1.807, 2.05) is 75.2 Å². The van der Waals surface area contributed by atoms with Crippen molar-refractivity contribution >= 4 is 12.0 Å². The van der Waals surface area contributed by atoms with Crippen LogP contribution in [-0.4, -0.2) is 53.8 Å². The van der Waals surface area contributed by atoms with Gasteiger partial charge < -0.3 is 20.5 Å². The van der Waals surface area contributed by atoms with Crippen LogP contribution in [0, 0.1) is 0 Å². The second kappa shape index (κ2) is 12.8. The highest BCUT2D eigenvalue weighted by Gasteiger charge is 2.23. The zero-order valence-electron chi connectivity index (χ0n) is 20.1. The topological polar surface area (TPSA) is 90.9 Å². The highest BCUT2D eigenvalue weighted by Crippen LogP contribution is 2.13. The lowest BCUT2D eigenvalue weighted by molar-refractivity contribution is -0.126. The first-order valence-corrected chi connectivity index (χ1v) is 11.4. The van der Waals surface area contributed by atoms with E-state index in [1.54, 1.807) is 12.1 Å². The maximum atomic E-state index is 13.0. The maximum Gasteiger partial charge on any atom is 0.407 e. The molecule has 0 saturated heterocycles. The van der Waals surface area contributed by atoms with E-state index in [0.717, 1.165) is 11.1 Å². The molecule has 2 amide bonds. The number of amides is 2. The number of hydrogen-bond acceptors (Lipinski definition) is 5. The number of likely N-dealkylation sites (N-methyl/N-ethyl adjacent to an activating group) is 1. The maximum absolute atomic E-state index is 13.0. The van der Waals surface area contributed by atoms with Gasteiger partial charge in [-0.25, -0.2) is 4.79 Å². The third-order valence-electron chi connectivity index (χ3n) is 5.08. The number of phenols is 1. The minimum atomic E-state index is -0.542.